The molecule has 0 aromatic heterocycles. The molecular weight excluding hydrogens is 823 g/mol. The topological polar surface area (TPSA) is 93.1 Å². The maximum absolute atomic E-state index is 10.8. The minimum Gasteiger partial charge on any atom is -1.00 e. The minimum absolute atomic E-state index is 0. The second-order valence-corrected chi connectivity index (χ2v) is 13.0. The Bertz CT molecular complexity index is 1450. The largest absolute Gasteiger partial charge is 1.00 e. The molecule has 4 rings (SSSR count). The van der Waals surface area contributed by atoms with Crippen LogP contribution in [0.2, 0.25) is 20.1 Å². The Balaban J connectivity index is 0. The van der Waals surface area contributed by atoms with Gasteiger partial charge < -0.3 is 24.2 Å². The van der Waals surface area contributed by atoms with Crippen molar-refractivity contribution in [2.75, 3.05) is 0 Å². The second-order valence-electron chi connectivity index (χ2n) is 8.26. The number of hydrogen-bond donors (Lipinski definition) is 2. The van der Waals surface area contributed by atoms with E-state index in [1.807, 2.05) is 36.4 Å². The molecular formula is C30H29B2Cl4F4IO6. The molecule has 0 fully saturated rings. The molecule has 0 bridgehead atoms. The Hall–Kier alpha value is -2.52. The number of esters is 2. The summed E-state index contributed by atoms with van der Waals surface area (Å²) in [5, 5.41) is 19.9. The van der Waals surface area contributed by atoms with E-state index in [0.717, 1.165) is 10.0 Å². The van der Waals surface area contributed by atoms with Gasteiger partial charge in [-0.3, -0.25) is 22.5 Å². The van der Waals surface area contributed by atoms with Gasteiger partial charge in [0.15, 0.2) is 7.14 Å². The highest BCUT2D eigenvalue weighted by Gasteiger charge is 2.18. The molecule has 254 valence electrons. The molecule has 4 aromatic rings. The average Bonchev–Trinajstić information content (AvgIpc) is 2.93. The number of benzene rings is 4. The Morgan fingerprint density at radius 2 is 1.04 bits per heavy atom. The average molecular weight is 852 g/mol. The number of carbonyl (C=O) groups is 2. The third-order valence-corrected chi connectivity index (χ3v) is 8.13. The normalized spacial score (nSPS) is 9.28. The van der Waals surface area contributed by atoms with Crippen LogP contribution < -0.4 is 31.4 Å². The first-order chi connectivity index (χ1) is 21.2. The lowest BCUT2D eigenvalue weighted by atomic mass is 9.81. The summed E-state index contributed by atoms with van der Waals surface area (Å²) in [5.74, 6) is -1.07. The summed E-state index contributed by atoms with van der Waals surface area (Å²) in [6, 6.07) is 29.0. The van der Waals surface area contributed by atoms with E-state index in [0.29, 0.717) is 21.1 Å². The monoisotopic (exact) mass is 850 g/mol. The van der Waals surface area contributed by atoms with Gasteiger partial charge in [0.25, 0.3) is 6.29 Å². The van der Waals surface area contributed by atoms with Crippen LogP contribution in [0, 0.1) is 7.14 Å². The van der Waals surface area contributed by atoms with E-state index >= 15 is 0 Å². The summed E-state index contributed by atoms with van der Waals surface area (Å²) in [4.78, 5) is 21.7. The molecule has 6 nitrogen and oxygen atoms in total. The molecule has 47 heavy (non-hydrogen) atoms. The van der Waals surface area contributed by atoms with Crippen molar-refractivity contribution in [3.63, 3.8) is 0 Å². The molecule has 0 aliphatic heterocycles. The first-order valence-corrected chi connectivity index (χ1v) is 16.1. The van der Waals surface area contributed by atoms with Crippen molar-refractivity contribution in [2.24, 2.45) is 0 Å². The minimum atomic E-state index is -3.67. The molecule has 0 radical (unpaired) electrons. The van der Waals surface area contributed by atoms with Crippen LogP contribution in [-0.2, 0) is 19.1 Å². The van der Waals surface area contributed by atoms with Gasteiger partial charge in [0.1, 0.15) is 0 Å². The van der Waals surface area contributed by atoms with Gasteiger partial charge in [-0.1, -0.05) is 90.2 Å². The van der Waals surface area contributed by atoms with E-state index in [9.17, 15) is 22.5 Å². The maximum atomic E-state index is 10.8. The predicted molar refractivity (Wildman–Crippen MR) is 175 cm³/mol. The first kappa shape index (κ1) is 46.6. The molecule has 0 aliphatic carbocycles. The molecule has 0 aliphatic rings. The molecule has 0 spiro atoms. The summed E-state index contributed by atoms with van der Waals surface area (Å²) in [6.07, 6.45) is -1.05. The highest BCUT2D eigenvalue weighted by Crippen LogP contribution is 2.22. The quantitative estimate of drug-likeness (QED) is 0.102. The van der Waals surface area contributed by atoms with Crippen molar-refractivity contribution in [3.8, 4) is 0 Å². The van der Waals surface area contributed by atoms with Gasteiger partial charge in [-0.15, -0.1) is 0 Å². The molecule has 0 heterocycles. The van der Waals surface area contributed by atoms with Crippen molar-refractivity contribution in [2.45, 2.75) is 27.6 Å². The molecule has 4 aromatic carbocycles. The number of hydrogen-bond acceptors (Lipinski definition) is 6. The molecule has 2 N–H and O–H groups in total. The zero-order valence-electron chi connectivity index (χ0n) is 23.9. The van der Waals surface area contributed by atoms with E-state index in [4.69, 9.17) is 65.9 Å². The van der Waals surface area contributed by atoms with Crippen LogP contribution in [-0.4, -0.2) is 36.6 Å². The lowest BCUT2D eigenvalue weighted by Crippen LogP contribution is -3.61. The fraction of sp³-hybridized carbons (Fsp3) is 0.133. The smallest absolute Gasteiger partial charge is 0.762 e. The van der Waals surface area contributed by atoms with Crippen molar-refractivity contribution in [1.29, 1.82) is 0 Å². The number of halogens is 9. The lowest BCUT2D eigenvalue weighted by molar-refractivity contribution is -0.597. The summed E-state index contributed by atoms with van der Waals surface area (Å²) in [6.45, 7) is 2.47. The van der Waals surface area contributed by atoms with Crippen LogP contribution in [0.25, 0.3) is 0 Å². The standard InChI is InChI=1S/C12H8Cl2I.C11H11ClO4.C6H6BClO2.CH4.BF3.FH/c13-9-3-1-5-11(7-9)15-12-6-2-4-10(14)8-12;1-7(13)15-11(16-8(2)14)9-4-3-5-10(12)6-9;8-6-3-1-2-5(4-6)7(9)10;;2-1(3)4;/h1-8H;3-6,11H,1-2H3;1-4,9-10H;1H4;;1H/q+1;;;;;/p-1. The maximum Gasteiger partial charge on any atom is 0.762 e. The summed E-state index contributed by atoms with van der Waals surface area (Å²) in [5.41, 5.74) is 0.922. The van der Waals surface area contributed by atoms with Gasteiger partial charge in [0.2, 0.25) is 0 Å². The van der Waals surface area contributed by atoms with Gasteiger partial charge >= 0.3 is 47.8 Å². The summed E-state index contributed by atoms with van der Waals surface area (Å²) < 4.78 is 41.3. The van der Waals surface area contributed by atoms with Crippen LogP contribution >= 0.6 is 46.4 Å². The van der Waals surface area contributed by atoms with Crippen LogP contribution in [0.15, 0.2) is 97.1 Å². The third-order valence-electron chi connectivity index (χ3n) is 4.61. The van der Waals surface area contributed by atoms with Gasteiger partial charge in [-0.05, 0) is 54.0 Å². The zero-order chi connectivity index (χ0) is 33.9. The molecule has 17 heteroatoms. The van der Waals surface area contributed by atoms with E-state index in [1.54, 1.807) is 42.5 Å². The highest BCUT2D eigenvalue weighted by molar-refractivity contribution is 6.59. The SMILES string of the molecule is C.CC(=O)OC(OC(C)=O)c1cccc(Cl)c1.Clc1cccc([I+]c2cccc(Cl)c2)c1.FB(F)F.OB(O)c1cccc(Cl)c1.[F-]. The molecule has 0 unspecified atom stereocenters. The van der Waals surface area contributed by atoms with Crippen molar-refractivity contribution in [3.05, 3.63) is 130 Å². The number of ether oxygens (including phenoxy) is 2. The van der Waals surface area contributed by atoms with Crippen LogP contribution in [0.1, 0.15) is 33.1 Å². The van der Waals surface area contributed by atoms with Crippen molar-refractivity contribution >= 4 is 78.5 Å². The van der Waals surface area contributed by atoms with Crippen molar-refractivity contribution in [1.82, 2.24) is 0 Å². The molecule has 0 atom stereocenters. The molecule has 0 amide bonds. The van der Waals surface area contributed by atoms with Gasteiger partial charge in [-0.2, -0.15) is 0 Å². The number of carbonyl (C=O) groups excluding carboxylic acids is 2. The first-order valence-electron chi connectivity index (χ1n) is 12.5. The van der Waals surface area contributed by atoms with Crippen LogP contribution in [0.4, 0.5) is 12.9 Å². The lowest BCUT2D eigenvalue weighted by Gasteiger charge is -2.16. The van der Waals surface area contributed by atoms with E-state index < -0.39 is 32.9 Å². The van der Waals surface area contributed by atoms with E-state index in [2.05, 4.69) is 12.1 Å². The molecule has 0 saturated heterocycles. The second kappa shape index (κ2) is 25.5. The Morgan fingerprint density at radius 1 is 0.681 bits per heavy atom. The van der Waals surface area contributed by atoms with Crippen LogP contribution in [0.3, 0.4) is 0 Å². The van der Waals surface area contributed by atoms with E-state index in [1.165, 1.54) is 27.1 Å². The van der Waals surface area contributed by atoms with Crippen molar-refractivity contribution < 1.29 is 68.0 Å². The summed E-state index contributed by atoms with van der Waals surface area (Å²) in [7, 11) is -5.10. The van der Waals surface area contributed by atoms with Gasteiger partial charge in [-0.25, -0.2) is 0 Å². The van der Waals surface area contributed by atoms with Gasteiger partial charge in [0, 0.05) is 51.6 Å². The highest BCUT2D eigenvalue weighted by atomic mass is 127. The molecule has 0 saturated carbocycles. The fourth-order valence-electron chi connectivity index (χ4n) is 2.95. The Labute approximate surface area is 302 Å². The van der Waals surface area contributed by atoms with Gasteiger partial charge in [0.05, 0.1) is 0 Å². The van der Waals surface area contributed by atoms with Crippen LogP contribution in [0.5, 0.6) is 0 Å². The Kier molecular flexibility index (Phi) is 25.3. The predicted octanol–water partition coefficient (Wildman–Crippen LogP) is 2.13. The number of rotatable bonds is 6. The Morgan fingerprint density at radius 3 is 1.36 bits per heavy atom. The third kappa shape index (κ3) is 22.6. The zero-order valence-corrected chi connectivity index (χ0v) is 29.1. The summed E-state index contributed by atoms with van der Waals surface area (Å²) >= 11 is 23.0. The fourth-order valence-corrected chi connectivity index (χ4v) is 6.57. The van der Waals surface area contributed by atoms with E-state index in [-0.39, 0.29) is 33.3 Å².